The van der Waals surface area contributed by atoms with Gasteiger partial charge in [-0.25, -0.2) is 0 Å². The maximum absolute atomic E-state index is 2.40. The zero-order valence-electron chi connectivity index (χ0n) is 17.7. The van der Waals surface area contributed by atoms with Gasteiger partial charge in [0.15, 0.2) is 0 Å². The normalized spacial score (nSPS) is 14.5. The molecule has 0 nitrogen and oxygen atoms in total. The highest BCUT2D eigenvalue weighted by Crippen LogP contribution is 2.41. The largest absolute Gasteiger partial charge is 0.152 e. The predicted molar refractivity (Wildman–Crippen MR) is 140 cm³/mol. The monoisotopic (exact) mass is 436 g/mol. The molecule has 5 aromatic carbocycles. The summed E-state index contributed by atoms with van der Waals surface area (Å²) in [6, 6.07) is 29.6. The van der Waals surface area contributed by atoms with Crippen molar-refractivity contribution in [2.45, 2.75) is 29.9 Å². The van der Waals surface area contributed by atoms with E-state index in [1.807, 2.05) is 23.5 Å². The van der Waals surface area contributed by atoms with Gasteiger partial charge in [-0.2, -0.15) is 23.5 Å². The van der Waals surface area contributed by atoms with Gasteiger partial charge in [0, 0.05) is 23.0 Å². The Labute approximate surface area is 192 Å². The van der Waals surface area contributed by atoms with Crippen LogP contribution in [0.15, 0.2) is 78.9 Å². The molecule has 2 aliphatic rings. The lowest BCUT2D eigenvalue weighted by Gasteiger charge is -2.17. The van der Waals surface area contributed by atoms with Gasteiger partial charge in [-0.15, -0.1) is 0 Å². The molecule has 0 fully saturated rings. The Balaban J connectivity index is 1.65. The van der Waals surface area contributed by atoms with Crippen molar-refractivity contribution >= 4 is 55.8 Å². The van der Waals surface area contributed by atoms with E-state index in [0.29, 0.717) is 0 Å². The van der Waals surface area contributed by atoms with E-state index in [1.165, 1.54) is 60.1 Å². The zero-order valence-corrected chi connectivity index (χ0v) is 19.3. The van der Waals surface area contributed by atoms with Crippen molar-refractivity contribution in [1.29, 1.82) is 0 Å². The van der Waals surface area contributed by atoms with Gasteiger partial charge in [0.25, 0.3) is 0 Å². The molecule has 31 heavy (non-hydrogen) atoms. The van der Waals surface area contributed by atoms with Crippen molar-refractivity contribution in [2.24, 2.45) is 0 Å². The molecule has 0 saturated carbocycles. The van der Waals surface area contributed by atoms with Gasteiger partial charge in [0.05, 0.1) is 0 Å². The highest BCUT2D eigenvalue weighted by molar-refractivity contribution is 7.98. The summed E-state index contributed by atoms with van der Waals surface area (Å²) in [6.07, 6.45) is 0. The Hall–Kier alpha value is -2.42. The lowest BCUT2D eigenvalue weighted by Crippen LogP contribution is -1.94. The number of thioether (sulfide) groups is 2. The minimum atomic E-state index is 1.04. The van der Waals surface area contributed by atoms with E-state index >= 15 is 0 Å². The van der Waals surface area contributed by atoms with Crippen LogP contribution in [0.5, 0.6) is 0 Å². The van der Waals surface area contributed by atoms with Gasteiger partial charge in [-0.1, -0.05) is 78.9 Å². The molecule has 2 heterocycles. The molecule has 4 bridgehead atoms. The minimum Gasteiger partial charge on any atom is -0.152 e. The summed E-state index contributed by atoms with van der Waals surface area (Å²) in [4.78, 5) is 0. The Morgan fingerprint density at radius 2 is 0.871 bits per heavy atom. The molecule has 0 atom stereocenters. The van der Waals surface area contributed by atoms with Crippen molar-refractivity contribution in [3.63, 3.8) is 0 Å². The average molecular weight is 437 g/mol. The number of hydrogen-bond acceptors (Lipinski definition) is 2. The van der Waals surface area contributed by atoms with Gasteiger partial charge in [-0.3, -0.25) is 0 Å². The number of rotatable bonds is 0. The third-order valence-corrected chi connectivity index (χ3v) is 8.71. The molecule has 2 aliphatic heterocycles. The van der Waals surface area contributed by atoms with Crippen LogP contribution in [0.3, 0.4) is 0 Å². The summed E-state index contributed by atoms with van der Waals surface area (Å²) in [5.74, 6) is 4.21. The molecular weight excluding hydrogens is 412 g/mol. The van der Waals surface area contributed by atoms with E-state index in [0.717, 1.165) is 23.0 Å². The first-order chi connectivity index (χ1) is 15.3. The lowest BCUT2D eigenvalue weighted by molar-refractivity contribution is 1.22. The van der Waals surface area contributed by atoms with E-state index < -0.39 is 0 Å². The Morgan fingerprint density at radius 1 is 0.452 bits per heavy atom. The second-order valence-electron chi connectivity index (χ2n) is 8.41. The molecule has 2 heteroatoms. The zero-order chi connectivity index (χ0) is 20.8. The molecule has 5 aromatic rings. The molecule has 0 unspecified atom stereocenters. The molecule has 0 N–H and O–H groups in total. The van der Waals surface area contributed by atoms with Crippen molar-refractivity contribution in [3.8, 4) is 0 Å². The van der Waals surface area contributed by atoms with Crippen LogP contribution in [-0.2, 0) is 23.0 Å². The molecule has 0 radical (unpaired) electrons. The van der Waals surface area contributed by atoms with Crippen LogP contribution in [0.1, 0.15) is 27.8 Å². The van der Waals surface area contributed by atoms with Gasteiger partial charge < -0.3 is 0 Å². The Bertz CT molecular complexity index is 1340. The first-order valence-electron chi connectivity index (χ1n) is 10.9. The van der Waals surface area contributed by atoms with Crippen LogP contribution in [-0.4, -0.2) is 0 Å². The van der Waals surface area contributed by atoms with E-state index in [-0.39, 0.29) is 0 Å². The fourth-order valence-electron chi connectivity index (χ4n) is 5.01. The van der Waals surface area contributed by atoms with Gasteiger partial charge in [0.1, 0.15) is 0 Å². The van der Waals surface area contributed by atoms with E-state index in [9.17, 15) is 0 Å². The van der Waals surface area contributed by atoms with Crippen molar-refractivity contribution < 1.29 is 0 Å². The summed E-state index contributed by atoms with van der Waals surface area (Å²) >= 11 is 4.08. The topological polar surface area (TPSA) is 0 Å². The molecule has 152 valence electrons. The summed E-state index contributed by atoms with van der Waals surface area (Å²) in [6.45, 7) is 2.30. The maximum Gasteiger partial charge on any atom is 0.0194 e. The van der Waals surface area contributed by atoms with Crippen molar-refractivity contribution in [3.05, 3.63) is 107 Å². The SMILES string of the molecule is Cc1c2cccc1CSCc1ccc(c3c4ccccc4c4ccccc4c13)CSC2. The van der Waals surface area contributed by atoms with Crippen LogP contribution in [0.2, 0.25) is 0 Å². The average Bonchev–Trinajstić information content (AvgIpc) is 2.82. The fourth-order valence-corrected chi connectivity index (χ4v) is 7.20. The minimum absolute atomic E-state index is 1.04. The number of benzene rings is 5. The fraction of sp³-hybridized carbons (Fsp3) is 0.172. The number of fused-ring (bicyclic) bond motifs is 8. The van der Waals surface area contributed by atoms with Crippen LogP contribution >= 0.6 is 23.5 Å². The van der Waals surface area contributed by atoms with Crippen LogP contribution in [0.4, 0.5) is 0 Å². The van der Waals surface area contributed by atoms with E-state index in [1.54, 1.807) is 0 Å². The quantitative estimate of drug-likeness (QED) is 0.223. The van der Waals surface area contributed by atoms with Crippen LogP contribution < -0.4 is 0 Å². The molecule has 0 spiro atoms. The first kappa shape index (κ1) is 19.3. The van der Waals surface area contributed by atoms with Crippen molar-refractivity contribution in [1.82, 2.24) is 0 Å². The van der Waals surface area contributed by atoms with Crippen LogP contribution in [0.25, 0.3) is 32.3 Å². The summed E-state index contributed by atoms with van der Waals surface area (Å²) in [5, 5.41) is 8.45. The smallest absolute Gasteiger partial charge is 0.0194 e. The summed E-state index contributed by atoms with van der Waals surface area (Å²) in [5.41, 5.74) is 7.37. The van der Waals surface area contributed by atoms with Gasteiger partial charge in [0.2, 0.25) is 0 Å². The Kier molecular flexibility index (Phi) is 4.93. The van der Waals surface area contributed by atoms with Crippen LogP contribution in [0, 0.1) is 6.92 Å². The highest BCUT2D eigenvalue weighted by Gasteiger charge is 2.16. The van der Waals surface area contributed by atoms with Gasteiger partial charge >= 0.3 is 0 Å². The molecule has 7 rings (SSSR count). The third kappa shape index (κ3) is 3.24. The van der Waals surface area contributed by atoms with E-state index in [2.05, 4.69) is 85.8 Å². The molecule has 0 aromatic heterocycles. The molecule has 0 aliphatic carbocycles. The molecular formula is C29H24S2. The number of hydrogen-bond donors (Lipinski definition) is 0. The maximum atomic E-state index is 2.40. The predicted octanol–water partition coefficient (Wildman–Crippen LogP) is 8.63. The molecule has 0 amide bonds. The standard InChI is InChI=1S/C29H24S2/c1-19-20-7-6-8-21(19)16-31-18-23-14-13-22(17-30-15-20)28-26-11-4-2-9-24(26)25-10-3-5-12-27(25)29(23)28/h2-14H,15-18H2,1H3. The highest BCUT2D eigenvalue weighted by atomic mass is 32.2. The summed E-state index contributed by atoms with van der Waals surface area (Å²) in [7, 11) is 0. The van der Waals surface area contributed by atoms with Gasteiger partial charge in [-0.05, 0) is 67.1 Å². The summed E-state index contributed by atoms with van der Waals surface area (Å²) < 4.78 is 0. The van der Waals surface area contributed by atoms with E-state index in [4.69, 9.17) is 0 Å². The first-order valence-corrected chi connectivity index (χ1v) is 13.2. The second-order valence-corrected chi connectivity index (χ2v) is 10.4. The lowest BCUT2D eigenvalue weighted by atomic mass is 9.90. The second kappa shape index (κ2) is 7.93. The third-order valence-electron chi connectivity index (χ3n) is 6.65. The Morgan fingerprint density at radius 3 is 1.35 bits per heavy atom. The molecule has 0 saturated heterocycles. The van der Waals surface area contributed by atoms with Crippen molar-refractivity contribution in [2.75, 3.05) is 0 Å².